The lowest BCUT2D eigenvalue weighted by Crippen LogP contribution is -2.30. The normalized spacial score (nSPS) is 9.06. The van der Waals surface area contributed by atoms with Crippen LogP contribution in [0.2, 0.25) is 0 Å². The summed E-state index contributed by atoms with van der Waals surface area (Å²) < 4.78 is 0. The Bertz CT molecular complexity index is 463. The van der Waals surface area contributed by atoms with Gasteiger partial charge in [0.15, 0.2) is 0 Å². The molecule has 0 unspecified atom stereocenters. The molecule has 5 nitrogen and oxygen atoms in total. The zero-order valence-corrected chi connectivity index (χ0v) is 8.93. The van der Waals surface area contributed by atoms with Crippen molar-refractivity contribution in [3.63, 3.8) is 0 Å². The molecule has 0 aliphatic carbocycles. The molecule has 1 aromatic rings. The number of anilines is 1. The first-order valence-electron chi connectivity index (χ1n) is 4.54. The van der Waals surface area contributed by atoms with E-state index in [-0.39, 0.29) is 0 Å². The molecule has 0 spiro atoms. The standard InChI is InChI=1S/C11H10N2O3/c1-8(14)13(16-9(2)15)11-5-3-4-10(6-11)7-12/h3-6H,1-2H3. The minimum atomic E-state index is -0.599. The fourth-order valence-corrected chi connectivity index (χ4v) is 1.13. The van der Waals surface area contributed by atoms with E-state index in [0.717, 1.165) is 5.06 Å². The van der Waals surface area contributed by atoms with Crippen LogP contribution in [0.3, 0.4) is 0 Å². The minimum Gasteiger partial charge on any atom is -0.334 e. The summed E-state index contributed by atoms with van der Waals surface area (Å²) in [4.78, 5) is 26.8. The van der Waals surface area contributed by atoms with Gasteiger partial charge in [0.1, 0.15) is 0 Å². The molecule has 1 rings (SSSR count). The predicted molar refractivity (Wildman–Crippen MR) is 56.1 cm³/mol. The third-order valence-corrected chi connectivity index (χ3v) is 1.72. The van der Waals surface area contributed by atoms with E-state index in [4.69, 9.17) is 10.1 Å². The van der Waals surface area contributed by atoms with Crippen molar-refractivity contribution in [2.75, 3.05) is 5.06 Å². The highest BCUT2D eigenvalue weighted by atomic mass is 16.7. The van der Waals surface area contributed by atoms with Gasteiger partial charge >= 0.3 is 5.97 Å². The summed E-state index contributed by atoms with van der Waals surface area (Å²) in [5.41, 5.74) is 0.734. The highest BCUT2D eigenvalue weighted by Crippen LogP contribution is 2.16. The third kappa shape index (κ3) is 2.82. The second-order valence-electron chi connectivity index (χ2n) is 3.06. The summed E-state index contributed by atoms with van der Waals surface area (Å²) in [6.07, 6.45) is 0. The molecule has 5 heteroatoms. The number of rotatable bonds is 1. The van der Waals surface area contributed by atoms with E-state index in [1.54, 1.807) is 18.2 Å². The highest BCUT2D eigenvalue weighted by molar-refractivity contribution is 5.91. The van der Waals surface area contributed by atoms with E-state index >= 15 is 0 Å². The van der Waals surface area contributed by atoms with Crippen molar-refractivity contribution >= 4 is 17.6 Å². The van der Waals surface area contributed by atoms with E-state index in [0.29, 0.717) is 11.3 Å². The quantitative estimate of drug-likeness (QED) is 0.668. The average molecular weight is 218 g/mol. The van der Waals surface area contributed by atoms with Gasteiger partial charge in [0.25, 0.3) is 5.91 Å². The lowest BCUT2D eigenvalue weighted by atomic mass is 10.2. The Morgan fingerprint density at radius 1 is 1.38 bits per heavy atom. The van der Waals surface area contributed by atoms with Crippen LogP contribution in [0.4, 0.5) is 5.69 Å². The molecule has 0 aliphatic rings. The molecule has 0 radical (unpaired) electrons. The van der Waals surface area contributed by atoms with Crippen LogP contribution in [0.25, 0.3) is 0 Å². The maximum atomic E-state index is 11.2. The molecule has 0 N–H and O–H groups in total. The molecular formula is C11H10N2O3. The Kier molecular flexibility index (Phi) is 3.62. The van der Waals surface area contributed by atoms with E-state index in [2.05, 4.69) is 0 Å². The smallest absolute Gasteiger partial charge is 0.330 e. The average Bonchev–Trinajstić information content (AvgIpc) is 2.25. The number of hydrogen-bond acceptors (Lipinski definition) is 4. The van der Waals surface area contributed by atoms with Crippen molar-refractivity contribution in [1.29, 1.82) is 5.26 Å². The third-order valence-electron chi connectivity index (χ3n) is 1.72. The van der Waals surface area contributed by atoms with Gasteiger partial charge in [-0.2, -0.15) is 5.26 Å². The predicted octanol–water partition coefficient (Wildman–Crippen LogP) is 1.39. The van der Waals surface area contributed by atoms with Crippen LogP contribution in [0, 0.1) is 11.3 Å². The molecule has 0 fully saturated rings. The lowest BCUT2D eigenvalue weighted by Gasteiger charge is -2.18. The Labute approximate surface area is 92.8 Å². The monoisotopic (exact) mass is 218 g/mol. The SMILES string of the molecule is CC(=O)ON(C(C)=O)c1cccc(C#N)c1. The number of nitrogens with zero attached hydrogens (tertiary/aromatic N) is 2. The minimum absolute atomic E-state index is 0.349. The number of amides is 1. The summed E-state index contributed by atoms with van der Waals surface area (Å²) in [6.45, 7) is 2.46. The van der Waals surface area contributed by atoms with Crippen LogP contribution in [0.5, 0.6) is 0 Å². The number of benzene rings is 1. The van der Waals surface area contributed by atoms with Crippen molar-refractivity contribution in [2.24, 2.45) is 0 Å². The van der Waals surface area contributed by atoms with Gasteiger partial charge in [-0.15, -0.1) is 5.06 Å². The molecule has 0 aliphatic heterocycles. The van der Waals surface area contributed by atoms with Gasteiger partial charge in [-0.1, -0.05) is 6.07 Å². The molecule has 1 amide bonds. The number of carbonyl (C=O) groups is 2. The van der Waals surface area contributed by atoms with Gasteiger partial charge in [0, 0.05) is 13.8 Å². The van der Waals surface area contributed by atoms with Gasteiger partial charge in [0.05, 0.1) is 17.3 Å². The summed E-state index contributed by atoms with van der Waals surface area (Å²) in [5.74, 6) is -1.04. The lowest BCUT2D eigenvalue weighted by molar-refractivity contribution is -0.147. The molecule has 0 saturated heterocycles. The van der Waals surface area contributed by atoms with Crippen LogP contribution < -0.4 is 5.06 Å². The van der Waals surface area contributed by atoms with Crippen molar-refractivity contribution in [3.05, 3.63) is 29.8 Å². The zero-order valence-electron chi connectivity index (χ0n) is 8.93. The first-order valence-corrected chi connectivity index (χ1v) is 4.54. The van der Waals surface area contributed by atoms with Crippen LogP contribution >= 0.6 is 0 Å². The van der Waals surface area contributed by atoms with Crippen molar-refractivity contribution in [3.8, 4) is 6.07 Å². The largest absolute Gasteiger partial charge is 0.334 e. The molecule has 0 bridgehead atoms. The number of carbonyl (C=O) groups excluding carboxylic acids is 2. The van der Waals surface area contributed by atoms with Crippen LogP contribution in [-0.2, 0) is 14.4 Å². The number of nitriles is 1. The molecular weight excluding hydrogens is 208 g/mol. The fraction of sp³-hybridized carbons (Fsp3) is 0.182. The van der Waals surface area contributed by atoms with Crippen LogP contribution in [0.1, 0.15) is 19.4 Å². The molecule has 16 heavy (non-hydrogen) atoms. The van der Waals surface area contributed by atoms with Crippen molar-refractivity contribution < 1.29 is 14.4 Å². The van der Waals surface area contributed by atoms with E-state index in [1.165, 1.54) is 19.9 Å². The molecule has 1 aromatic carbocycles. The molecule has 0 atom stereocenters. The van der Waals surface area contributed by atoms with Gasteiger partial charge < -0.3 is 4.84 Å². The molecule has 0 saturated carbocycles. The first kappa shape index (κ1) is 11.7. The maximum Gasteiger partial charge on any atom is 0.330 e. The van der Waals surface area contributed by atoms with Gasteiger partial charge in [-0.05, 0) is 18.2 Å². The van der Waals surface area contributed by atoms with Crippen LogP contribution in [-0.4, -0.2) is 11.9 Å². The van der Waals surface area contributed by atoms with Gasteiger partial charge in [-0.3, -0.25) is 4.79 Å². The second kappa shape index (κ2) is 4.94. The molecule has 0 aromatic heterocycles. The van der Waals surface area contributed by atoms with E-state index in [1.807, 2.05) is 6.07 Å². The van der Waals surface area contributed by atoms with Gasteiger partial charge in [0.2, 0.25) is 0 Å². The summed E-state index contributed by atoms with van der Waals surface area (Å²) in [7, 11) is 0. The van der Waals surface area contributed by atoms with Crippen molar-refractivity contribution in [2.45, 2.75) is 13.8 Å². The topological polar surface area (TPSA) is 70.4 Å². The second-order valence-corrected chi connectivity index (χ2v) is 3.06. The summed E-state index contributed by atoms with van der Waals surface area (Å²) in [5, 5.41) is 9.55. The Morgan fingerprint density at radius 3 is 2.56 bits per heavy atom. The highest BCUT2D eigenvalue weighted by Gasteiger charge is 2.15. The summed E-state index contributed by atoms with van der Waals surface area (Å²) >= 11 is 0. The summed E-state index contributed by atoms with van der Waals surface area (Å²) in [6, 6.07) is 8.17. The Balaban J connectivity index is 3.06. The Hall–Kier alpha value is -2.35. The van der Waals surface area contributed by atoms with E-state index in [9.17, 15) is 9.59 Å². The zero-order chi connectivity index (χ0) is 12.1. The van der Waals surface area contributed by atoms with Gasteiger partial charge in [-0.25, -0.2) is 4.79 Å². The number of hydrogen-bond donors (Lipinski definition) is 0. The molecule has 0 heterocycles. The maximum absolute atomic E-state index is 11.2. The van der Waals surface area contributed by atoms with Crippen LogP contribution in [0.15, 0.2) is 24.3 Å². The molecule has 82 valence electrons. The van der Waals surface area contributed by atoms with E-state index < -0.39 is 11.9 Å². The number of hydroxylamine groups is 1. The first-order chi connectivity index (χ1) is 7.54. The van der Waals surface area contributed by atoms with Crippen molar-refractivity contribution in [1.82, 2.24) is 0 Å². The Morgan fingerprint density at radius 2 is 2.06 bits per heavy atom. The fourth-order valence-electron chi connectivity index (χ4n) is 1.13.